The molecule has 0 rings (SSSR count). The second kappa shape index (κ2) is 5720. The predicted molar refractivity (Wildman–Crippen MR) is 62.2 cm³/mol. The van der Waals surface area contributed by atoms with E-state index in [0.717, 1.165) is 0 Å². The average Bonchev–Trinajstić information content (AvgIpc) is 2.45. The molecule has 0 aliphatic rings. The van der Waals surface area contributed by atoms with Gasteiger partial charge in [-0.2, -0.15) is 0 Å². The van der Waals surface area contributed by atoms with E-state index < -0.39 is 0 Å². The van der Waals surface area contributed by atoms with Crippen LogP contribution in [-0.2, 0) is 0 Å². The van der Waals surface area contributed by atoms with E-state index in [2.05, 4.69) is 81.8 Å². The van der Waals surface area contributed by atoms with Gasteiger partial charge in [0.05, 0.1) is 0 Å². The summed E-state index contributed by atoms with van der Waals surface area (Å²) in [7, 11) is 0. The fraction of sp³-hybridized carbons (Fsp3) is 0. The lowest BCUT2D eigenvalue weighted by Gasteiger charge is -1.27. The number of nitrogens with two attached hydrogens (primary N) is 14. The van der Waals surface area contributed by atoms with Crippen LogP contribution < -0.4 is 81.8 Å². The summed E-state index contributed by atoms with van der Waals surface area (Å²) in [6, 6.07) is 0. The molecule has 0 bridgehead atoms. The van der Waals surface area contributed by atoms with Crippen molar-refractivity contribution in [1.82, 2.24) is 0 Å². The molecule has 0 aromatic rings. The molecule has 0 aliphatic carbocycles. The van der Waals surface area contributed by atoms with E-state index >= 15 is 0 Å². The molecule has 15 nitrogen and oxygen atoms in total. The van der Waals surface area contributed by atoms with Crippen molar-refractivity contribution in [2.75, 3.05) is 0 Å². The van der Waals surface area contributed by atoms with Crippen LogP contribution in [0.2, 0.25) is 0 Å². The first kappa shape index (κ1) is 63.1. The Balaban J connectivity index is -0.00000000628. The Hall–Kier alpha value is -0.600. The molecule has 106 valence electrons. The zero-order valence-corrected chi connectivity index (χ0v) is 8.58. The maximum atomic E-state index is 4.00. The Labute approximate surface area is 88.4 Å². The molecule has 0 amide bonds. The van der Waals surface area contributed by atoms with Crippen molar-refractivity contribution in [3.05, 3.63) is 0 Å². The Morgan fingerprint density at radius 1 is 0.200 bits per heavy atom. The summed E-state index contributed by atoms with van der Waals surface area (Å²) < 4.78 is 0. The van der Waals surface area contributed by atoms with Crippen molar-refractivity contribution in [3.63, 3.8) is 0 Å². The third kappa shape index (κ3) is 4840. The molecule has 30 N–H and O–H groups in total. The maximum Gasteiger partial charge on any atom is -0.274 e. The summed E-state index contributed by atoms with van der Waals surface area (Å²) >= 11 is 0. The molecule has 0 aromatic carbocycles. The summed E-state index contributed by atoms with van der Waals surface area (Å²) in [5, 5.41) is 0. The van der Waals surface area contributed by atoms with E-state index in [1.165, 1.54) is 0 Å². The highest BCUT2D eigenvalue weighted by molar-refractivity contribution is 3.27. The van der Waals surface area contributed by atoms with Gasteiger partial charge in [-0.3, -0.25) is 81.8 Å². The molecule has 0 spiro atoms. The van der Waals surface area contributed by atoms with E-state index in [4.69, 9.17) is 0 Å². The molecular weight excluding hydrogens is 212 g/mol. The molecule has 0 saturated carbocycles. The van der Waals surface area contributed by atoms with Gasteiger partial charge in [-0.1, -0.05) is 0 Å². The third-order valence-electron chi connectivity index (χ3n) is 0. The van der Waals surface area contributed by atoms with Crippen LogP contribution in [0.3, 0.4) is 0 Å². The highest BCUT2D eigenvalue weighted by atomic mass is 16.0. The molecule has 0 saturated heterocycles. The SMILES string of the molecule is NN.NN.NN.NN.NN.NN.NN.O. The molecule has 0 aromatic heterocycles. The highest BCUT2D eigenvalue weighted by Crippen LogP contribution is -0.00695. The van der Waals surface area contributed by atoms with Crippen LogP contribution in [-0.4, -0.2) is 5.48 Å². The van der Waals surface area contributed by atoms with Crippen molar-refractivity contribution in [3.8, 4) is 0 Å². The first-order valence-electron chi connectivity index (χ1n) is 2.33. The molecule has 0 unspecified atom stereocenters. The summed E-state index contributed by atoms with van der Waals surface area (Å²) in [5.74, 6) is 56.0. The van der Waals surface area contributed by atoms with Crippen LogP contribution in [0.25, 0.3) is 0 Å². The third-order valence-corrected chi connectivity index (χ3v) is 0. The topological polar surface area (TPSA) is 396 Å². The van der Waals surface area contributed by atoms with E-state index in [1.807, 2.05) is 0 Å². The molecule has 0 heterocycles. The fourth-order valence-electron chi connectivity index (χ4n) is 0. The van der Waals surface area contributed by atoms with E-state index in [-0.39, 0.29) is 5.48 Å². The van der Waals surface area contributed by atoms with Crippen molar-refractivity contribution in [1.29, 1.82) is 0 Å². The minimum absolute atomic E-state index is 0. The largest absolute Gasteiger partial charge is 0.412 e. The number of hydrogen-bond donors (Lipinski definition) is 14. The van der Waals surface area contributed by atoms with Gasteiger partial charge in [-0.15, -0.1) is 0 Å². The normalized spacial score (nSPS) is 2.80. The van der Waals surface area contributed by atoms with Crippen LogP contribution in [0.4, 0.5) is 0 Å². The van der Waals surface area contributed by atoms with E-state index in [9.17, 15) is 0 Å². The maximum absolute atomic E-state index is 4.00. The zero-order valence-electron chi connectivity index (χ0n) is 8.58. The van der Waals surface area contributed by atoms with Gasteiger partial charge in [0.15, 0.2) is 0 Å². The first-order chi connectivity index (χ1) is 7.00. The van der Waals surface area contributed by atoms with Gasteiger partial charge in [-0.05, 0) is 0 Å². The smallest absolute Gasteiger partial charge is 0.274 e. The zero-order chi connectivity index (χ0) is 14.0. The van der Waals surface area contributed by atoms with E-state index in [1.54, 1.807) is 0 Å². The highest BCUT2D eigenvalue weighted by Gasteiger charge is 0.738. The predicted octanol–water partition coefficient (Wildman–Crippen LogP) is -9.09. The van der Waals surface area contributed by atoms with Crippen LogP contribution in [0.1, 0.15) is 0 Å². The van der Waals surface area contributed by atoms with Crippen molar-refractivity contribution >= 4 is 0 Å². The second-order valence-electron chi connectivity index (χ2n) is 0. The van der Waals surface area contributed by atoms with Gasteiger partial charge in [0.1, 0.15) is 0 Å². The van der Waals surface area contributed by atoms with Gasteiger partial charge in [0, 0.05) is 0 Å². The lowest BCUT2D eigenvalue weighted by molar-refractivity contribution is 0.824. The Morgan fingerprint density at radius 2 is 0.200 bits per heavy atom. The van der Waals surface area contributed by atoms with Crippen molar-refractivity contribution < 1.29 is 5.48 Å². The molecule has 0 radical (unpaired) electrons. The monoisotopic (exact) mass is 242 g/mol. The minimum Gasteiger partial charge on any atom is -0.412 e. The summed E-state index contributed by atoms with van der Waals surface area (Å²) in [4.78, 5) is 0. The van der Waals surface area contributed by atoms with Crippen LogP contribution in [0, 0.1) is 0 Å². The molecule has 0 aliphatic heterocycles. The quantitative estimate of drug-likeness (QED) is 0.138. The van der Waals surface area contributed by atoms with E-state index in [0.29, 0.717) is 0 Å². The summed E-state index contributed by atoms with van der Waals surface area (Å²) in [5.41, 5.74) is 0. The summed E-state index contributed by atoms with van der Waals surface area (Å²) in [6.45, 7) is 0. The number of hydrogen-bond acceptors (Lipinski definition) is 14. The molecule has 15 heavy (non-hydrogen) atoms. The van der Waals surface area contributed by atoms with Crippen LogP contribution in [0.15, 0.2) is 0 Å². The number of hydrazine groups is 7. The van der Waals surface area contributed by atoms with Crippen molar-refractivity contribution in [2.45, 2.75) is 0 Å². The average molecular weight is 242 g/mol. The fourth-order valence-corrected chi connectivity index (χ4v) is 0. The van der Waals surface area contributed by atoms with Crippen LogP contribution in [0.5, 0.6) is 0 Å². The Bertz CT molecular complexity index is 5.30. The van der Waals surface area contributed by atoms with Crippen LogP contribution >= 0.6 is 0 Å². The lowest BCUT2D eigenvalue weighted by atomic mass is 13.0. The van der Waals surface area contributed by atoms with Gasteiger partial charge in [0.2, 0.25) is 0 Å². The minimum atomic E-state index is 0. The molecule has 15 heteroatoms. The second-order valence-corrected chi connectivity index (χ2v) is 0. The Kier molecular flexibility index (Phi) is 24100. The summed E-state index contributed by atoms with van der Waals surface area (Å²) in [6.07, 6.45) is 0. The first-order valence-corrected chi connectivity index (χ1v) is 2.33. The number of rotatable bonds is 0. The van der Waals surface area contributed by atoms with Gasteiger partial charge >= 0.3 is 0 Å². The van der Waals surface area contributed by atoms with Crippen molar-refractivity contribution in [2.24, 2.45) is 81.8 Å². The van der Waals surface area contributed by atoms with Gasteiger partial charge in [0.25, 0.3) is 0 Å². The molecule has 0 fully saturated rings. The standard InChI is InChI=1S/7H4N2.H2O/c7*1-2;/h7*1-2H2;1H2. The van der Waals surface area contributed by atoms with Gasteiger partial charge in [-0.25, -0.2) is 0 Å². The van der Waals surface area contributed by atoms with Gasteiger partial charge < -0.3 is 5.48 Å². The molecule has 0 atom stereocenters. The lowest BCUT2D eigenvalue weighted by Crippen LogP contribution is -2.02. The molecular formula is H30N14O. The Morgan fingerprint density at radius 3 is 0.200 bits per heavy atom.